The van der Waals surface area contributed by atoms with E-state index in [1.54, 1.807) is 11.8 Å². The summed E-state index contributed by atoms with van der Waals surface area (Å²) in [6, 6.07) is 61.6. The Balaban J connectivity index is 1.05. The van der Waals surface area contributed by atoms with Gasteiger partial charge in [0.2, 0.25) is 0 Å². The van der Waals surface area contributed by atoms with Gasteiger partial charge in [0.15, 0.2) is 23.3 Å². The van der Waals surface area contributed by atoms with Crippen LogP contribution in [0.2, 0.25) is 0 Å². The van der Waals surface area contributed by atoms with E-state index in [2.05, 4.69) is 72.8 Å². The number of hydrogen-bond donors (Lipinski definition) is 0. The Bertz CT molecular complexity index is 2970. The minimum atomic E-state index is 0.570. The van der Waals surface area contributed by atoms with E-state index < -0.39 is 0 Å². The maximum atomic E-state index is 6.50. The average Bonchev–Trinajstić information content (AvgIpc) is 3.65. The Morgan fingerprint density at radius 1 is 0.357 bits per heavy atom. The van der Waals surface area contributed by atoms with Crippen LogP contribution in [0.15, 0.2) is 202 Å². The summed E-state index contributed by atoms with van der Waals surface area (Å²) in [7, 11) is 0. The third-order valence-electron chi connectivity index (χ3n) is 9.68. The first kappa shape index (κ1) is 33.4. The molecule has 0 unspecified atom stereocenters. The molecule has 7 aromatic carbocycles. The van der Waals surface area contributed by atoms with Crippen LogP contribution in [0.5, 0.6) is 0 Å². The zero-order chi connectivity index (χ0) is 37.3. The number of aromatic nitrogens is 5. The van der Waals surface area contributed by atoms with Gasteiger partial charge in [-0.3, -0.25) is 0 Å². The van der Waals surface area contributed by atoms with Crippen LogP contribution in [-0.4, -0.2) is 24.9 Å². The minimum absolute atomic E-state index is 0.570. The van der Waals surface area contributed by atoms with Crippen molar-refractivity contribution >= 4 is 33.7 Å². The molecule has 0 aliphatic heterocycles. The molecule has 0 saturated heterocycles. The first-order valence-corrected chi connectivity index (χ1v) is 19.1. The molecule has 0 fully saturated rings. The molecule has 3 aromatic heterocycles. The van der Waals surface area contributed by atoms with Crippen LogP contribution in [-0.2, 0) is 0 Å². The molecule has 0 N–H and O–H groups in total. The number of fused-ring (bicyclic) bond motifs is 3. The van der Waals surface area contributed by atoms with E-state index in [0.717, 1.165) is 76.4 Å². The summed E-state index contributed by atoms with van der Waals surface area (Å²) in [5.74, 6) is 2.46. The summed E-state index contributed by atoms with van der Waals surface area (Å²) < 4.78 is 6.50. The van der Waals surface area contributed by atoms with Gasteiger partial charge in [-0.2, -0.15) is 0 Å². The van der Waals surface area contributed by atoms with Crippen LogP contribution < -0.4 is 0 Å². The molecular formula is C49H31N5OS. The highest BCUT2D eigenvalue weighted by molar-refractivity contribution is 7.99. The van der Waals surface area contributed by atoms with E-state index in [-0.39, 0.29) is 0 Å². The van der Waals surface area contributed by atoms with E-state index >= 15 is 0 Å². The topological polar surface area (TPSA) is 77.6 Å². The van der Waals surface area contributed by atoms with Crippen LogP contribution in [0.3, 0.4) is 0 Å². The Morgan fingerprint density at radius 2 is 0.857 bits per heavy atom. The average molecular weight is 738 g/mol. The van der Waals surface area contributed by atoms with E-state index in [9.17, 15) is 0 Å². The van der Waals surface area contributed by atoms with Gasteiger partial charge in [0.1, 0.15) is 11.2 Å². The summed E-state index contributed by atoms with van der Waals surface area (Å²) in [5, 5.41) is 1.99. The molecule has 3 heterocycles. The summed E-state index contributed by atoms with van der Waals surface area (Å²) >= 11 is 1.65. The lowest BCUT2D eigenvalue weighted by molar-refractivity contribution is 0.669. The molecule has 10 rings (SSSR count). The summed E-state index contributed by atoms with van der Waals surface area (Å²) in [6.45, 7) is 0. The van der Waals surface area contributed by atoms with Crippen LogP contribution in [0, 0.1) is 0 Å². The number of furan rings is 1. The molecule has 56 heavy (non-hydrogen) atoms. The third-order valence-corrected chi connectivity index (χ3v) is 10.7. The molecule has 0 aliphatic carbocycles. The monoisotopic (exact) mass is 737 g/mol. The number of hydrogen-bond acceptors (Lipinski definition) is 7. The smallest absolute Gasteiger partial charge is 0.164 e. The van der Waals surface area contributed by atoms with Crippen molar-refractivity contribution in [3.8, 4) is 67.9 Å². The van der Waals surface area contributed by atoms with Gasteiger partial charge in [0.05, 0.1) is 10.6 Å². The normalized spacial score (nSPS) is 11.3. The van der Waals surface area contributed by atoms with Gasteiger partial charge in [-0.15, -0.1) is 0 Å². The van der Waals surface area contributed by atoms with Crippen LogP contribution >= 0.6 is 11.8 Å². The zero-order valence-electron chi connectivity index (χ0n) is 30.0. The first-order valence-electron chi connectivity index (χ1n) is 18.3. The molecule has 0 radical (unpaired) electrons. The molecule has 0 spiro atoms. The fourth-order valence-corrected chi connectivity index (χ4v) is 7.76. The standard InChI is InChI=1S/C49H31N5OS/c1-5-13-32(14-6-1)33-21-23-36(24-22-33)48-52-47(35-17-9-3-10-18-35)53-49(54-48)38-25-27-40-41-29-37(26-28-42(41)55-43(40)30-38)45-44(56-39-19-11-4-12-20-39)31-50-46(51-45)34-15-7-2-8-16-34/h1-31H. The largest absolute Gasteiger partial charge is 0.456 e. The van der Waals surface area contributed by atoms with Gasteiger partial charge in [-0.1, -0.05) is 151 Å². The van der Waals surface area contributed by atoms with E-state index in [1.807, 2.05) is 115 Å². The molecule has 6 nitrogen and oxygen atoms in total. The Labute approximate surface area is 327 Å². The molecule has 7 heteroatoms. The maximum absolute atomic E-state index is 6.50. The van der Waals surface area contributed by atoms with E-state index in [4.69, 9.17) is 29.3 Å². The minimum Gasteiger partial charge on any atom is -0.456 e. The molecule has 0 bridgehead atoms. The Kier molecular flexibility index (Phi) is 8.67. The van der Waals surface area contributed by atoms with Gasteiger partial charge < -0.3 is 4.42 Å². The fraction of sp³-hybridized carbons (Fsp3) is 0. The summed E-state index contributed by atoms with van der Waals surface area (Å²) in [4.78, 5) is 26.9. The van der Waals surface area contributed by atoms with Crippen LogP contribution in [0.4, 0.5) is 0 Å². The van der Waals surface area contributed by atoms with Crippen molar-refractivity contribution in [2.45, 2.75) is 9.79 Å². The maximum Gasteiger partial charge on any atom is 0.164 e. The number of rotatable bonds is 8. The van der Waals surface area contributed by atoms with Crippen molar-refractivity contribution in [1.29, 1.82) is 0 Å². The summed E-state index contributed by atoms with van der Waals surface area (Å²) in [6.07, 6.45) is 1.93. The summed E-state index contributed by atoms with van der Waals surface area (Å²) in [5.41, 5.74) is 9.30. The molecule has 0 amide bonds. The molecule has 0 aliphatic rings. The number of benzene rings is 7. The lowest BCUT2D eigenvalue weighted by atomic mass is 10.0. The highest BCUT2D eigenvalue weighted by Gasteiger charge is 2.18. The molecule has 264 valence electrons. The van der Waals surface area contributed by atoms with Crippen LogP contribution in [0.25, 0.3) is 89.9 Å². The second-order valence-corrected chi connectivity index (χ2v) is 14.4. The van der Waals surface area contributed by atoms with Gasteiger partial charge in [-0.05, 0) is 53.6 Å². The van der Waals surface area contributed by atoms with E-state index in [1.165, 1.54) is 0 Å². The quantitative estimate of drug-likeness (QED) is 0.154. The molecular weight excluding hydrogens is 707 g/mol. The van der Waals surface area contributed by atoms with Gasteiger partial charge in [0.25, 0.3) is 0 Å². The van der Waals surface area contributed by atoms with Crippen molar-refractivity contribution < 1.29 is 4.42 Å². The lowest BCUT2D eigenvalue weighted by Gasteiger charge is -2.11. The zero-order valence-corrected chi connectivity index (χ0v) is 30.8. The van der Waals surface area contributed by atoms with Gasteiger partial charge in [-0.25, -0.2) is 24.9 Å². The van der Waals surface area contributed by atoms with Crippen molar-refractivity contribution in [1.82, 2.24) is 24.9 Å². The second kappa shape index (κ2) is 14.5. The van der Waals surface area contributed by atoms with Gasteiger partial charge in [0, 0.05) is 49.7 Å². The van der Waals surface area contributed by atoms with Crippen molar-refractivity contribution in [2.75, 3.05) is 0 Å². The Morgan fingerprint density at radius 3 is 1.52 bits per heavy atom. The molecule has 0 atom stereocenters. The van der Waals surface area contributed by atoms with Crippen LogP contribution in [0.1, 0.15) is 0 Å². The van der Waals surface area contributed by atoms with Crippen molar-refractivity contribution in [2.24, 2.45) is 0 Å². The Hall–Kier alpha value is -7.22. The second-order valence-electron chi connectivity index (χ2n) is 13.3. The third kappa shape index (κ3) is 6.61. The highest BCUT2D eigenvalue weighted by Crippen LogP contribution is 2.39. The fourth-order valence-electron chi connectivity index (χ4n) is 6.85. The predicted molar refractivity (Wildman–Crippen MR) is 226 cm³/mol. The predicted octanol–water partition coefficient (Wildman–Crippen LogP) is 12.7. The van der Waals surface area contributed by atoms with Gasteiger partial charge >= 0.3 is 0 Å². The lowest BCUT2D eigenvalue weighted by Crippen LogP contribution is -2.00. The van der Waals surface area contributed by atoms with Crippen molar-refractivity contribution in [3.63, 3.8) is 0 Å². The first-order chi connectivity index (χ1) is 27.7. The SMILES string of the molecule is c1ccc(Sc2cnc(-c3ccccc3)nc2-c2ccc3oc4cc(-c5nc(-c6ccccc6)nc(-c6ccc(-c7ccccc7)cc6)n5)ccc4c3c2)cc1. The highest BCUT2D eigenvalue weighted by atomic mass is 32.2. The molecule has 10 aromatic rings. The molecule has 0 saturated carbocycles. The number of nitrogens with zero attached hydrogens (tertiary/aromatic N) is 5. The van der Waals surface area contributed by atoms with E-state index in [0.29, 0.717) is 23.3 Å². The van der Waals surface area contributed by atoms with Crippen molar-refractivity contribution in [3.05, 3.63) is 188 Å².